The molecule has 1 fully saturated rings. The highest BCUT2D eigenvalue weighted by atomic mass is 16.6. The van der Waals surface area contributed by atoms with E-state index in [1.54, 1.807) is 6.20 Å². The van der Waals surface area contributed by atoms with E-state index in [4.69, 9.17) is 4.74 Å². The van der Waals surface area contributed by atoms with Crippen LogP contribution in [0.3, 0.4) is 0 Å². The number of pyridine rings is 1. The van der Waals surface area contributed by atoms with Gasteiger partial charge >= 0.3 is 0 Å². The van der Waals surface area contributed by atoms with Crippen LogP contribution in [0.4, 0.5) is 0 Å². The second-order valence-corrected chi connectivity index (χ2v) is 8.40. The first-order chi connectivity index (χ1) is 14.4. The Morgan fingerprint density at radius 1 is 1.07 bits per heavy atom. The minimum atomic E-state index is -0.845. The van der Waals surface area contributed by atoms with E-state index >= 15 is 0 Å². The Labute approximate surface area is 177 Å². The largest absolute Gasteiger partial charge is 0.465 e. The molecule has 2 N–H and O–H groups in total. The molecule has 2 heterocycles. The fourth-order valence-electron chi connectivity index (χ4n) is 4.06. The van der Waals surface area contributed by atoms with Crippen LogP contribution in [0.5, 0.6) is 5.75 Å². The minimum Gasteiger partial charge on any atom is -0.465 e. The van der Waals surface area contributed by atoms with E-state index in [-0.39, 0.29) is 0 Å². The second-order valence-electron chi connectivity index (χ2n) is 8.40. The van der Waals surface area contributed by atoms with Gasteiger partial charge in [0.1, 0.15) is 5.75 Å². The number of benzene rings is 2. The van der Waals surface area contributed by atoms with Crippen LogP contribution in [-0.2, 0) is 5.60 Å². The molecule has 0 saturated carbocycles. The number of aryl methyl sites for hydroxylation is 2. The van der Waals surface area contributed by atoms with Crippen molar-refractivity contribution in [1.29, 1.82) is 0 Å². The molecule has 1 aromatic heterocycles. The van der Waals surface area contributed by atoms with Gasteiger partial charge in [-0.05, 0) is 62.1 Å². The predicted octanol–water partition coefficient (Wildman–Crippen LogP) is 3.92. The number of fused-ring (bicyclic) bond motifs is 1. The van der Waals surface area contributed by atoms with Crippen LogP contribution in [-0.4, -0.2) is 46.0 Å². The third kappa shape index (κ3) is 4.64. The Balaban J connectivity index is 1.29. The third-order valence-electron chi connectivity index (χ3n) is 6.25. The fourth-order valence-corrected chi connectivity index (χ4v) is 4.06. The molecule has 1 saturated heterocycles. The molecule has 5 heteroatoms. The lowest BCUT2D eigenvalue weighted by molar-refractivity contribution is -0.0476. The number of para-hydroxylation sites is 1. The number of aliphatic hydroxyl groups is 2. The van der Waals surface area contributed by atoms with Crippen molar-refractivity contribution in [3.63, 3.8) is 0 Å². The summed E-state index contributed by atoms with van der Waals surface area (Å²) in [5, 5.41) is 22.5. The molecule has 0 spiro atoms. The van der Waals surface area contributed by atoms with Crippen molar-refractivity contribution in [2.45, 2.75) is 45.0 Å². The number of hydrogen-bond donors (Lipinski definition) is 2. The van der Waals surface area contributed by atoms with Crippen LogP contribution in [0.2, 0.25) is 0 Å². The zero-order chi connectivity index (χ0) is 21.1. The Hall–Kier alpha value is -2.47. The Morgan fingerprint density at radius 3 is 2.60 bits per heavy atom. The molecule has 1 aliphatic rings. The van der Waals surface area contributed by atoms with E-state index in [1.165, 1.54) is 5.56 Å². The lowest BCUT2D eigenvalue weighted by Crippen LogP contribution is -2.43. The van der Waals surface area contributed by atoms with Crippen molar-refractivity contribution in [3.8, 4) is 5.75 Å². The number of nitrogens with zero attached hydrogens (tertiary/aromatic N) is 2. The molecule has 0 amide bonds. The van der Waals surface area contributed by atoms with Gasteiger partial charge in [0.2, 0.25) is 0 Å². The summed E-state index contributed by atoms with van der Waals surface area (Å²) in [6, 6.07) is 15.9. The summed E-state index contributed by atoms with van der Waals surface area (Å²) in [7, 11) is 0. The maximum atomic E-state index is 11.2. The summed E-state index contributed by atoms with van der Waals surface area (Å²) in [5.41, 5.74) is 3.35. The summed E-state index contributed by atoms with van der Waals surface area (Å²) in [5.74, 6) is 0.697. The zero-order valence-electron chi connectivity index (χ0n) is 17.7. The van der Waals surface area contributed by atoms with Gasteiger partial charge in [0.05, 0.1) is 11.1 Å². The molecule has 158 valence electrons. The summed E-state index contributed by atoms with van der Waals surface area (Å²) >= 11 is 0. The summed E-state index contributed by atoms with van der Waals surface area (Å²) in [4.78, 5) is 6.78. The van der Waals surface area contributed by atoms with E-state index in [0.29, 0.717) is 25.0 Å². The molecule has 1 unspecified atom stereocenters. The minimum absolute atomic E-state index is 0.531. The quantitative estimate of drug-likeness (QED) is 0.608. The topological polar surface area (TPSA) is 65.8 Å². The van der Waals surface area contributed by atoms with Crippen LogP contribution >= 0.6 is 0 Å². The third-order valence-corrected chi connectivity index (χ3v) is 6.25. The molecular weight excluding hydrogens is 376 g/mol. The first kappa shape index (κ1) is 20.8. The van der Waals surface area contributed by atoms with Crippen molar-refractivity contribution in [2.75, 3.05) is 19.6 Å². The van der Waals surface area contributed by atoms with Gasteiger partial charge in [0.15, 0.2) is 6.29 Å². The molecule has 3 aromatic rings. The number of piperidine rings is 1. The maximum absolute atomic E-state index is 11.2. The standard InChI is InChI=1S/C25H30N2O3/c1-18-7-8-22(15-19(18)2)30-24(28)9-12-27-13-10-25(29,11-14-27)21-16-20-5-3-4-6-23(20)26-17-21/h3-8,15-17,24,28-29H,9-14H2,1-2H3. The van der Waals surface area contributed by atoms with E-state index in [1.807, 2.05) is 49.4 Å². The molecule has 1 aliphatic heterocycles. The number of aromatic nitrogens is 1. The lowest BCUT2D eigenvalue weighted by Gasteiger charge is -2.38. The van der Waals surface area contributed by atoms with Crippen molar-refractivity contribution in [2.24, 2.45) is 0 Å². The van der Waals surface area contributed by atoms with E-state index in [2.05, 4.69) is 22.9 Å². The van der Waals surface area contributed by atoms with Gasteiger partial charge in [-0.1, -0.05) is 24.3 Å². The highest BCUT2D eigenvalue weighted by Crippen LogP contribution is 2.33. The molecular formula is C25H30N2O3. The monoisotopic (exact) mass is 406 g/mol. The van der Waals surface area contributed by atoms with Crippen molar-refractivity contribution in [1.82, 2.24) is 9.88 Å². The molecule has 1 atom stereocenters. The van der Waals surface area contributed by atoms with Crippen LogP contribution in [0.1, 0.15) is 36.0 Å². The first-order valence-electron chi connectivity index (χ1n) is 10.6. The average Bonchev–Trinajstić information content (AvgIpc) is 2.75. The van der Waals surface area contributed by atoms with Gasteiger partial charge in [0.25, 0.3) is 0 Å². The lowest BCUT2D eigenvalue weighted by atomic mass is 9.85. The van der Waals surface area contributed by atoms with Crippen molar-refractivity contribution in [3.05, 3.63) is 71.4 Å². The number of aliphatic hydroxyl groups excluding tert-OH is 1. The summed E-state index contributed by atoms with van der Waals surface area (Å²) < 4.78 is 5.66. The highest BCUT2D eigenvalue weighted by molar-refractivity contribution is 5.78. The van der Waals surface area contributed by atoms with E-state index in [9.17, 15) is 10.2 Å². The van der Waals surface area contributed by atoms with Gasteiger partial charge in [-0.25, -0.2) is 0 Å². The smallest absolute Gasteiger partial charge is 0.198 e. The highest BCUT2D eigenvalue weighted by Gasteiger charge is 2.34. The van der Waals surface area contributed by atoms with Crippen LogP contribution in [0.25, 0.3) is 10.9 Å². The SMILES string of the molecule is Cc1ccc(OC(O)CCN2CCC(O)(c3cnc4ccccc4c3)CC2)cc1C. The molecule has 0 bridgehead atoms. The van der Waals surface area contributed by atoms with E-state index in [0.717, 1.165) is 41.7 Å². The Bertz CT molecular complexity index is 1010. The molecule has 4 rings (SSSR count). The second kappa shape index (κ2) is 8.72. The van der Waals surface area contributed by atoms with Gasteiger partial charge in [-0.15, -0.1) is 0 Å². The van der Waals surface area contributed by atoms with Crippen molar-refractivity contribution >= 4 is 10.9 Å². The number of ether oxygens (including phenoxy) is 1. The first-order valence-corrected chi connectivity index (χ1v) is 10.6. The number of hydrogen-bond acceptors (Lipinski definition) is 5. The van der Waals surface area contributed by atoms with Crippen LogP contribution < -0.4 is 4.74 Å². The molecule has 0 aliphatic carbocycles. The Kier molecular flexibility index (Phi) is 6.04. The predicted molar refractivity (Wildman–Crippen MR) is 118 cm³/mol. The maximum Gasteiger partial charge on any atom is 0.198 e. The fraction of sp³-hybridized carbons (Fsp3) is 0.400. The normalized spacial score (nSPS) is 17.7. The van der Waals surface area contributed by atoms with Gasteiger partial charge < -0.3 is 19.8 Å². The summed E-state index contributed by atoms with van der Waals surface area (Å²) in [6.45, 7) is 6.38. The van der Waals surface area contributed by atoms with Gasteiger partial charge in [0, 0.05) is 43.2 Å². The molecule has 2 aromatic carbocycles. The van der Waals surface area contributed by atoms with E-state index < -0.39 is 11.9 Å². The van der Waals surface area contributed by atoms with Gasteiger partial charge in [-0.3, -0.25) is 4.98 Å². The van der Waals surface area contributed by atoms with Gasteiger partial charge in [-0.2, -0.15) is 0 Å². The summed E-state index contributed by atoms with van der Waals surface area (Å²) in [6.07, 6.45) is 2.81. The van der Waals surface area contributed by atoms with Crippen LogP contribution in [0, 0.1) is 13.8 Å². The van der Waals surface area contributed by atoms with Crippen molar-refractivity contribution < 1.29 is 14.9 Å². The average molecular weight is 407 g/mol. The number of likely N-dealkylation sites (tertiary alicyclic amines) is 1. The molecule has 0 radical (unpaired) electrons. The molecule has 30 heavy (non-hydrogen) atoms. The Morgan fingerprint density at radius 2 is 1.83 bits per heavy atom. The zero-order valence-corrected chi connectivity index (χ0v) is 17.7. The molecule has 5 nitrogen and oxygen atoms in total. The van der Waals surface area contributed by atoms with Crippen LogP contribution in [0.15, 0.2) is 54.7 Å². The number of rotatable bonds is 6.